The molecule has 19 heavy (non-hydrogen) atoms. The number of carbonyl (C=O) groups is 2. The monoisotopic (exact) mass is 257 g/mol. The number of nitrogen functional groups attached to an aromatic ring is 1. The van der Waals surface area contributed by atoms with Crippen LogP contribution in [-0.2, 0) is 4.74 Å². The van der Waals surface area contributed by atoms with Crippen molar-refractivity contribution in [1.82, 2.24) is 0 Å². The molecule has 98 valence electrons. The fourth-order valence-electron chi connectivity index (χ4n) is 2.20. The van der Waals surface area contributed by atoms with E-state index in [0.29, 0.717) is 16.7 Å². The van der Waals surface area contributed by atoms with Crippen LogP contribution in [0.1, 0.15) is 34.6 Å². The molecule has 0 atom stereocenters. The van der Waals surface area contributed by atoms with Gasteiger partial charge in [-0.2, -0.15) is 0 Å². The second-order valence-corrected chi connectivity index (χ2v) is 4.18. The number of anilines is 1. The Kier molecular flexibility index (Phi) is 3.51. The van der Waals surface area contributed by atoms with Gasteiger partial charge in [-0.15, -0.1) is 0 Å². The van der Waals surface area contributed by atoms with Crippen molar-refractivity contribution >= 4 is 17.4 Å². The summed E-state index contributed by atoms with van der Waals surface area (Å²) in [5.41, 5.74) is 8.15. The molecule has 0 radical (unpaired) electrons. The van der Waals surface area contributed by atoms with E-state index in [1.165, 1.54) is 6.92 Å². The molecular formula is C15H15NO3. The topological polar surface area (TPSA) is 69.4 Å². The summed E-state index contributed by atoms with van der Waals surface area (Å²) >= 11 is 0. The Hall–Kier alpha value is -2.36. The average molecular weight is 257 g/mol. The van der Waals surface area contributed by atoms with Crippen LogP contribution in [-0.4, -0.2) is 18.4 Å². The molecule has 0 aromatic carbocycles. The Bertz CT molecular complexity index is 619. The summed E-state index contributed by atoms with van der Waals surface area (Å²) in [5, 5.41) is 0. The normalized spacial score (nSPS) is 10.4. The first-order valence-electron chi connectivity index (χ1n) is 6.06. The maximum Gasteiger partial charge on any atom is 0.340 e. The molecule has 0 aliphatic heterocycles. The first kappa shape index (κ1) is 13.1. The van der Waals surface area contributed by atoms with Gasteiger partial charge in [0.25, 0.3) is 0 Å². The van der Waals surface area contributed by atoms with Gasteiger partial charge < -0.3 is 10.5 Å². The van der Waals surface area contributed by atoms with Crippen LogP contribution in [0.25, 0.3) is 11.1 Å². The van der Waals surface area contributed by atoms with Crippen molar-refractivity contribution in [3.8, 4) is 11.1 Å². The summed E-state index contributed by atoms with van der Waals surface area (Å²) < 4.78 is 5.01. The third-order valence-electron chi connectivity index (χ3n) is 2.95. The third kappa shape index (κ3) is 2.17. The van der Waals surface area contributed by atoms with Crippen LogP contribution >= 0.6 is 0 Å². The number of hydrogen-bond acceptors (Lipinski definition) is 4. The molecule has 2 aliphatic rings. The van der Waals surface area contributed by atoms with E-state index in [1.54, 1.807) is 25.1 Å². The molecule has 0 fully saturated rings. The minimum absolute atomic E-state index is 0.163. The van der Waals surface area contributed by atoms with Crippen molar-refractivity contribution in [1.29, 1.82) is 0 Å². The highest BCUT2D eigenvalue weighted by Gasteiger charge is 2.27. The molecule has 0 amide bonds. The van der Waals surface area contributed by atoms with E-state index < -0.39 is 5.97 Å². The highest BCUT2D eigenvalue weighted by atomic mass is 16.5. The lowest BCUT2D eigenvalue weighted by atomic mass is 10.1. The molecule has 2 N–H and O–H groups in total. The van der Waals surface area contributed by atoms with Crippen molar-refractivity contribution in [3.63, 3.8) is 0 Å². The zero-order valence-electron chi connectivity index (χ0n) is 10.9. The van der Waals surface area contributed by atoms with Crippen molar-refractivity contribution in [2.45, 2.75) is 13.8 Å². The predicted molar refractivity (Wildman–Crippen MR) is 73.4 cm³/mol. The minimum Gasteiger partial charge on any atom is -0.462 e. The van der Waals surface area contributed by atoms with Gasteiger partial charge in [-0.05, 0) is 25.0 Å². The van der Waals surface area contributed by atoms with Gasteiger partial charge in [0, 0.05) is 5.56 Å². The fraction of sp³-hybridized carbons (Fsp3) is 0.200. The number of Topliss-reactive ketones (excluding diaryl/α,β-unsaturated/α-hetero) is 1. The van der Waals surface area contributed by atoms with Gasteiger partial charge >= 0.3 is 5.97 Å². The predicted octanol–water partition coefficient (Wildman–Crippen LogP) is 2.75. The lowest BCUT2D eigenvalue weighted by Gasteiger charge is -2.02. The van der Waals surface area contributed by atoms with Gasteiger partial charge in [0.2, 0.25) is 0 Å². The molecule has 0 aromatic heterocycles. The third-order valence-corrected chi connectivity index (χ3v) is 2.95. The Balaban J connectivity index is 2.76. The smallest absolute Gasteiger partial charge is 0.340 e. The summed E-state index contributed by atoms with van der Waals surface area (Å²) in [6, 6.07) is 8.99. The molecule has 2 rings (SSSR count). The Morgan fingerprint density at radius 1 is 1.11 bits per heavy atom. The van der Waals surface area contributed by atoms with Crippen LogP contribution in [0.5, 0.6) is 0 Å². The zero-order chi connectivity index (χ0) is 14.0. The van der Waals surface area contributed by atoms with Gasteiger partial charge in [0.05, 0.1) is 17.9 Å². The van der Waals surface area contributed by atoms with Crippen LogP contribution in [0.4, 0.5) is 5.69 Å². The molecule has 4 heteroatoms. The van der Waals surface area contributed by atoms with E-state index in [4.69, 9.17) is 10.5 Å². The number of ether oxygens (including phenoxy) is 1. The zero-order valence-corrected chi connectivity index (χ0v) is 10.9. The lowest BCUT2D eigenvalue weighted by Crippen LogP contribution is -2.07. The highest BCUT2D eigenvalue weighted by Crippen LogP contribution is 2.39. The molecule has 4 nitrogen and oxygen atoms in total. The Labute approximate surface area is 111 Å². The number of esters is 1. The molecule has 0 unspecified atom stereocenters. The molecule has 0 saturated heterocycles. The summed E-state index contributed by atoms with van der Waals surface area (Å²) in [7, 11) is 0. The maximum atomic E-state index is 12.0. The van der Waals surface area contributed by atoms with E-state index in [0.717, 1.165) is 0 Å². The number of nitrogens with two attached hydrogens (primary N) is 1. The summed E-state index contributed by atoms with van der Waals surface area (Å²) in [6.45, 7) is 3.43. The lowest BCUT2D eigenvalue weighted by molar-refractivity contribution is 0.0529. The van der Waals surface area contributed by atoms with E-state index in [9.17, 15) is 9.59 Å². The van der Waals surface area contributed by atoms with Crippen molar-refractivity contribution in [2.75, 3.05) is 12.3 Å². The second kappa shape index (κ2) is 5.10. The minimum atomic E-state index is -0.497. The van der Waals surface area contributed by atoms with Crippen LogP contribution in [0.3, 0.4) is 0 Å². The Morgan fingerprint density at radius 3 is 2.21 bits per heavy atom. The van der Waals surface area contributed by atoms with Gasteiger partial charge in [-0.1, -0.05) is 30.3 Å². The molecular weight excluding hydrogens is 242 g/mol. The molecule has 0 spiro atoms. The number of rotatable bonds is 3. The SMILES string of the molecule is CCOC(=O)c1c2cccccc-2c(C(C)=O)c1N. The Morgan fingerprint density at radius 2 is 1.68 bits per heavy atom. The van der Waals surface area contributed by atoms with E-state index in [-0.39, 0.29) is 23.6 Å². The maximum absolute atomic E-state index is 12.0. The number of ketones is 1. The van der Waals surface area contributed by atoms with Gasteiger partial charge in [0.1, 0.15) is 0 Å². The number of carbonyl (C=O) groups excluding carboxylic acids is 2. The van der Waals surface area contributed by atoms with Gasteiger partial charge in [-0.3, -0.25) is 4.79 Å². The van der Waals surface area contributed by atoms with Crippen molar-refractivity contribution in [3.05, 3.63) is 41.5 Å². The summed E-state index contributed by atoms with van der Waals surface area (Å²) in [6.07, 6.45) is 0. The van der Waals surface area contributed by atoms with Gasteiger partial charge in [-0.25, -0.2) is 4.79 Å². The summed E-state index contributed by atoms with van der Waals surface area (Å²) in [4.78, 5) is 23.7. The second-order valence-electron chi connectivity index (χ2n) is 4.18. The average Bonchev–Trinajstić information content (AvgIpc) is 2.49. The molecule has 0 bridgehead atoms. The molecule has 2 aliphatic carbocycles. The summed E-state index contributed by atoms with van der Waals surface area (Å²) in [5.74, 6) is -0.659. The van der Waals surface area contributed by atoms with Crippen LogP contribution < -0.4 is 5.73 Å². The standard InChI is InChI=1S/C15H15NO3/c1-3-19-15(18)13-11-8-6-4-5-7-10(11)12(9(2)17)14(13)16/h4-8H,3,16H2,1-2H3. The highest BCUT2D eigenvalue weighted by molar-refractivity contribution is 6.16. The molecule has 0 saturated carbocycles. The number of fused-ring (bicyclic) bond motifs is 1. The van der Waals surface area contributed by atoms with Crippen LogP contribution in [0.2, 0.25) is 0 Å². The number of hydrogen-bond donors (Lipinski definition) is 1. The first-order chi connectivity index (χ1) is 9.07. The molecule has 0 aromatic rings. The van der Waals surface area contributed by atoms with E-state index >= 15 is 0 Å². The quantitative estimate of drug-likeness (QED) is 0.678. The van der Waals surface area contributed by atoms with E-state index in [1.807, 2.05) is 12.1 Å². The van der Waals surface area contributed by atoms with Crippen LogP contribution in [0, 0.1) is 0 Å². The van der Waals surface area contributed by atoms with Crippen molar-refractivity contribution in [2.24, 2.45) is 0 Å². The molecule has 0 heterocycles. The van der Waals surface area contributed by atoms with Crippen LogP contribution in [0.15, 0.2) is 30.3 Å². The first-order valence-corrected chi connectivity index (χ1v) is 6.06. The fourth-order valence-corrected chi connectivity index (χ4v) is 2.20. The largest absolute Gasteiger partial charge is 0.462 e. The van der Waals surface area contributed by atoms with Gasteiger partial charge in [0.15, 0.2) is 5.78 Å². The van der Waals surface area contributed by atoms with Crippen molar-refractivity contribution < 1.29 is 14.3 Å². The van der Waals surface area contributed by atoms with E-state index in [2.05, 4.69) is 0 Å².